The highest BCUT2D eigenvalue weighted by molar-refractivity contribution is 5.44. The van der Waals surface area contributed by atoms with Crippen LogP contribution in [-0.4, -0.2) is 17.6 Å². The summed E-state index contributed by atoms with van der Waals surface area (Å²) in [5.41, 5.74) is 1.73. The Morgan fingerprint density at radius 1 is 1.26 bits per heavy atom. The van der Waals surface area contributed by atoms with Crippen LogP contribution in [0.25, 0.3) is 0 Å². The van der Waals surface area contributed by atoms with Gasteiger partial charge >= 0.3 is 0 Å². The lowest BCUT2D eigenvalue weighted by atomic mass is 9.57. The first-order valence-corrected chi connectivity index (χ1v) is 7.68. The van der Waals surface area contributed by atoms with Crippen LogP contribution >= 0.6 is 0 Å². The first-order valence-electron chi connectivity index (χ1n) is 7.68. The van der Waals surface area contributed by atoms with E-state index in [0.29, 0.717) is 23.9 Å². The zero-order valence-corrected chi connectivity index (χ0v) is 11.8. The molecule has 2 saturated carbocycles. The molecule has 0 aliphatic heterocycles. The number of rotatable bonds is 4. The fourth-order valence-electron chi connectivity index (χ4n) is 3.68. The van der Waals surface area contributed by atoms with Crippen LogP contribution < -0.4 is 10.1 Å². The van der Waals surface area contributed by atoms with Gasteiger partial charge in [-0.2, -0.15) is 0 Å². The number of hydrogen-bond donors (Lipinski definition) is 1. The molecule has 0 amide bonds. The van der Waals surface area contributed by atoms with Crippen molar-refractivity contribution in [3.05, 3.63) is 18.3 Å². The molecular formula is C16H24N2O. The summed E-state index contributed by atoms with van der Waals surface area (Å²) in [4.78, 5) is 4.33. The predicted octanol–water partition coefficient (Wildman–Crippen LogP) is 4.01. The van der Waals surface area contributed by atoms with Gasteiger partial charge in [-0.3, -0.25) is 0 Å². The molecule has 0 aromatic carbocycles. The number of nitrogens with zero attached hydrogens (tertiary/aromatic N) is 1. The maximum absolute atomic E-state index is 5.38. The molecule has 2 fully saturated rings. The molecule has 2 aliphatic rings. The van der Waals surface area contributed by atoms with Gasteiger partial charge in [0.15, 0.2) is 0 Å². The molecule has 0 bridgehead atoms. The zero-order valence-electron chi connectivity index (χ0n) is 11.8. The van der Waals surface area contributed by atoms with E-state index in [-0.39, 0.29) is 0 Å². The summed E-state index contributed by atoms with van der Waals surface area (Å²) < 4.78 is 5.38. The third-order valence-corrected chi connectivity index (χ3v) is 4.89. The Balaban J connectivity index is 1.61. The molecule has 1 heterocycles. The van der Waals surface area contributed by atoms with Gasteiger partial charge in [0.2, 0.25) is 5.88 Å². The van der Waals surface area contributed by atoms with Crippen LogP contribution in [0, 0.1) is 5.41 Å². The third-order valence-electron chi connectivity index (χ3n) is 4.89. The molecule has 3 nitrogen and oxygen atoms in total. The van der Waals surface area contributed by atoms with Crippen LogP contribution in [-0.2, 0) is 0 Å². The molecule has 104 valence electrons. The van der Waals surface area contributed by atoms with E-state index in [4.69, 9.17) is 4.74 Å². The van der Waals surface area contributed by atoms with Gasteiger partial charge in [0.25, 0.3) is 0 Å². The minimum absolute atomic E-state index is 0.594. The number of ether oxygens (including phenoxy) is 1. The molecule has 1 atom stereocenters. The van der Waals surface area contributed by atoms with E-state index >= 15 is 0 Å². The van der Waals surface area contributed by atoms with E-state index < -0.39 is 0 Å². The minimum atomic E-state index is 0.594. The average Bonchev–Trinajstić information content (AvgIpc) is 2.46. The average molecular weight is 260 g/mol. The van der Waals surface area contributed by atoms with E-state index in [0.717, 1.165) is 5.69 Å². The Labute approximate surface area is 115 Å². The fraction of sp³-hybridized carbons (Fsp3) is 0.688. The molecule has 0 radical (unpaired) electrons. The molecule has 0 saturated heterocycles. The molecular weight excluding hydrogens is 236 g/mol. The monoisotopic (exact) mass is 260 g/mol. The van der Waals surface area contributed by atoms with Crippen LogP contribution in [0.15, 0.2) is 18.3 Å². The van der Waals surface area contributed by atoms with Gasteiger partial charge < -0.3 is 10.1 Å². The van der Waals surface area contributed by atoms with E-state index in [2.05, 4.69) is 16.4 Å². The van der Waals surface area contributed by atoms with Gasteiger partial charge in [-0.15, -0.1) is 0 Å². The number of hydrogen-bond acceptors (Lipinski definition) is 3. The first-order chi connectivity index (χ1) is 9.32. The molecule has 3 rings (SSSR count). The summed E-state index contributed by atoms with van der Waals surface area (Å²) in [7, 11) is 0. The SMILES string of the molecule is CCOc1ccc(NC2CCC23CCCCC3)cn1. The summed E-state index contributed by atoms with van der Waals surface area (Å²) in [5.74, 6) is 0.717. The Kier molecular flexibility index (Phi) is 3.63. The third kappa shape index (κ3) is 2.56. The zero-order chi connectivity index (χ0) is 13.1. The van der Waals surface area contributed by atoms with Crippen molar-refractivity contribution in [2.24, 2.45) is 5.41 Å². The Hall–Kier alpha value is -1.25. The number of anilines is 1. The minimum Gasteiger partial charge on any atom is -0.478 e. The molecule has 1 unspecified atom stereocenters. The maximum Gasteiger partial charge on any atom is 0.213 e. The van der Waals surface area contributed by atoms with E-state index in [9.17, 15) is 0 Å². The number of nitrogens with one attached hydrogen (secondary N) is 1. The van der Waals surface area contributed by atoms with E-state index in [1.807, 2.05) is 19.2 Å². The van der Waals surface area contributed by atoms with Crippen molar-refractivity contribution in [3.63, 3.8) is 0 Å². The summed E-state index contributed by atoms with van der Waals surface area (Å²) in [6.07, 6.45) is 11.7. The molecule has 1 aromatic heterocycles. The van der Waals surface area contributed by atoms with Crippen LogP contribution in [0.2, 0.25) is 0 Å². The molecule has 1 spiro atoms. The van der Waals surface area contributed by atoms with Crippen LogP contribution in [0.4, 0.5) is 5.69 Å². The summed E-state index contributed by atoms with van der Waals surface area (Å²) in [6, 6.07) is 4.71. The second-order valence-corrected chi connectivity index (χ2v) is 5.98. The second kappa shape index (κ2) is 5.40. The van der Waals surface area contributed by atoms with Crippen molar-refractivity contribution in [1.29, 1.82) is 0 Å². The second-order valence-electron chi connectivity index (χ2n) is 5.98. The van der Waals surface area contributed by atoms with Crippen LogP contribution in [0.3, 0.4) is 0 Å². The molecule has 1 aromatic rings. The summed E-state index contributed by atoms with van der Waals surface area (Å²) in [5, 5.41) is 3.69. The summed E-state index contributed by atoms with van der Waals surface area (Å²) >= 11 is 0. The van der Waals surface area contributed by atoms with Crippen molar-refractivity contribution in [2.45, 2.75) is 57.9 Å². The predicted molar refractivity (Wildman–Crippen MR) is 77.6 cm³/mol. The normalized spacial score (nSPS) is 24.8. The standard InChI is InChI=1S/C16H24N2O/c1-2-19-15-7-6-13(12-17-15)18-14-8-11-16(14)9-4-3-5-10-16/h6-7,12,14,18H,2-5,8-11H2,1H3. The Morgan fingerprint density at radius 3 is 2.68 bits per heavy atom. The van der Waals surface area contributed by atoms with E-state index in [1.54, 1.807) is 0 Å². The van der Waals surface area contributed by atoms with Gasteiger partial charge in [0, 0.05) is 12.1 Å². The molecule has 3 heteroatoms. The Morgan fingerprint density at radius 2 is 2.11 bits per heavy atom. The van der Waals surface area contributed by atoms with Crippen molar-refractivity contribution >= 4 is 5.69 Å². The van der Waals surface area contributed by atoms with Crippen molar-refractivity contribution < 1.29 is 4.74 Å². The fourth-order valence-corrected chi connectivity index (χ4v) is 3.68. The van der Waals surface area contributed by atoms with E-state index in [1.165, 1.54) is 44.9 Å². The van der Waals surface area contributed by atoms with Crippen LogP contribution in [0.1, 0.15) is 51.9 Å². The lowest BCUT2D eigenvalue weighted by molar-refractivity contribution is 0.0571. The highest BCUT2D eigenvalue weighted by Gasteiger charge is 2.46. The van der Waals surface area contributed by atoms with Gasteiger partial charge in [-0.25, -0.2) is 4.98 Å². The maximum atomic E-state index is 5.38. The van der Waals surface area contributed by atoms with Crippen molar-refractivity contribution in [1.82, 2.24) is 4.98 Å². The highest BCUT2D eigenvalue weighted by Crippen LogP contribution is 2.52. The van der Waals surface area contributed by atoms with Crippen molar-refractivity contribution in [2.75, 3.05) is 11.9 Å². The number of aromatic nitrogens is 1. The first kappa shape index (κ1) is 12.8. The smallest absolute Gasteiger partial charge is 0.213 e. The highest BCUT2D eigenvalue weighted by atomic mass is 16.5. The van der Waals surface area contributed by atoms with Crippen molar-refractivity contribution in [3.8, 4) is 5.88 Å². The number of pyridine rings is 1. The Bertz CT molecular complexity index is 409. The quantitative estimate of drug-likeness (QED) is 0.888. The summed E-state index contributed by atoms with van der Waals surface area (Å²) in [6.45, 7) is 2.65. The molecule has 1 N–H and O–H groups in total. The van der Waals surface area contributed by atoms with Gasteiger partial charge in [-0.05, 0) is 44.1 Å². The lowest BCUT2D eigenvalue weighted by Crippen LogP contribution is -2.50. The van der Waals surface area contributed by atoms with Gasteiger partial charge in [0.05, 0.1) is 18.5 Å². The topological polar surface area (TPSA) is 34.1 Å². The largest absolute Gasteiger partial charge is 0.478 e. The molecule has 19 heavy (non-hydrogen) atoms. The van der Waals surface area contributed by atoms with Gasteiger partial charge in [-0.1, -0.05) is 19.3 Å². The molecule has 2 aliphatic carbocycles. The van der Waals surface area contributed by atoms with Crippen LogP contribution in [0.5, 0.6) is 5.88 Å². The lowest BCUT2D eigenvalue weighted by Gasteiger charge is -2.52. The van der Waals surface area contributed by atoms with Gasteiger partial charge in [0.1, 0.15) is 0 Å².